The minimum Gasteiger partial charge on any atom is -0.465 e. The van der Waals surface area contributed by atoms with Crippen LogP contribution in [0.4, 0.5) is 0 Å². The predicted octanol–water partition coefficient (Wildman–Crippen LogP) is 3.43. The second-order valence-electron chi connectivity index (χ2n) is 5.78. The number of ether oxygens (including phenoxy) is 1. The lowest BCUT2D eigenvalue weighted by atomic mass is 9.85. The molecule has 0 spiro atoms. The Kier molecular flexibility index (Phi) is 3.63. The Morgan fingerprint density at radius 1 is 1.37 bits per heavy atom. The number of nitrogens with zero attached hydrogens (tertiary/aromatic N) is 1. The Morgan fingerprint density at radius 3 is 2.84 bits per heavy atom. The molecule has 1 aliphatic carbocycles. The minimum atomic E-state index is -0.197. The van der Waals surface area contributed by atoms with Gasteiger partial charge in [-0.2, -0.15) is 0 Å². The molecule has 1 saturated carbocycles. The molecule has 0 radical (unpaired) electrons. The zero-order valence-electron chi connectivity index (χ0n) is 11.6. The van der Waals surface area contributed by atoms with Crippen LogP contribution in [0, 0.1) is 5.92 Å². The SMILES string of the molecule is COC(=O)c1cc2c(s1)CN(C1CCCCC1C)C2. The van der Waals surface area contributed by atoms with Gasteiger partial charge < -0.3 is 4.74 Å². The van der Waals surface area contributed by atoms with Crippen molar-refractivity contribution >= 4 is 17.3 Å². The average Bonchev–Trinajstić information content (AvgIpc) is 2.96. The van der Waals surface area contributed by atoms with Crippen LogP contribution < -0.4 is 0 Å². The van der Waals surface area contributed by atoms with Crippen LogP contribution in [0.15, 0.2) is 6.07 Å². The molecule has 2 atom stereocenters. The highest BCUT2D eigenvalue weighted by molar-refractivity contribution is 7.14. The molecule has 3 rings (SSSR count). The summed E-state index contributed by atoms with van der Waals surface area (Å²) in [4.78, 5) is 16.2. The molecule has 1 fully saturated rings. The van der Waals surface area contributed by atoms with Gasteiger partial charge in [0.1, 0.15) is 4.88 Å². The van der Waals surface area contributed by atoms with Gasteiger partial charge in [0.2, 0.25) is 0 Å². The number of fused-ring (bicyclic) bond motifs is 1. The third kappa shape index (κ3) is 2.43. The number of carbonyl (C=O) groups excluding carboxylic acids is 1. The van der Waals surface area contributed by atoms with Gasteiger partial charge in [-0.15, -0.1) is 11.3 Å². The molecule has 0 N–H and O–H groups in total. The lowest BCUT2D eigenvalue weighted by Gasteiger charge is -2.36. The molecule has 2 heterocycles. The summed E-state index contributed by atoms with van der Waals surface area (Å²) in [6, 6.07) is 2.76. The van der Waals surface area contributed by atoms with Gasteiger partial charge in [-0.3, -0.25) is 4.90 Å². The largest absolute Gasteiger partial charge is 0.465 e. The van der Waals surface area contributed by atoms with Gasteiger partial charge in [-0.25, -0.2) is 4.79 Å². The molecule has 1 aromatic rings. The summed E-state index contributed by atoms with van der Waals surface area (Å²) in [5.41, 5.74) is 1.34. The number of thiophene rings is 1. The van der Waals surface area contributed by atoms with Gasteiger partial charge in [0.15, 0.2) is 0 Å². The van der Waals surface area contributed by atoms with E-state index in [0.717, 1.165) is 29.9 Å². The highest BCUT2D eigenvalue weighted by Gasteiger charge is 2.32. The van der Waals surface area contributed by atoms with Gasteiger partial charge in [0.05, 0.1) is 7.11 Å². The van der Waals surface area contributed by atoms with Crippen LogP contribution in [-0.2, 0) is 17.8 Å². The van der Waals surface area contributed by atoms with Crippen molar-refractivity contribution in [1.82, 2.24) is 4.90 Å². The van der Waals surface area contributed by atoms with E-state index in [2.05, 4.69) is 11.8 Å². The molecule has 1 aromatic heterocycles. The number of methoxy groups -OCH3 is 1. The van der Waals surface area contributed by atoms with Crippen molar-refractivity contribution in [2.75, 3.05) is 7.11 Å². The van der Waals surface area contributed by atoms with Crippen molar-refractivity contribution in [1.29, 1.82) is 0 Å². The summed E-state index contributed by atoms with van der Waals surface area (Å²) in [5.74, 6) is 0.611. The maximum Gasteiger partial charge on any atom is 0.348 e. The fourth-order valence-electron chi connectivity index (χ4n) is 3.47. The number of esters is 1. The molecular weight excluding hydrogens is 258 g/mol. The van der Waals surface area contributed by atoms with Crippen LogP contribution in [0.1, 0.15) is 52.7 Å². The number of hydrogen-bond donors (Lipinski definition) is 0. The first-order valence-corrected chi connectivity index (χ1v) is 7.94. The second kappa shape index (κ2) is 5.25. The first-order chi connectivity index (χ1) is 9.19. The molecule has 19 heavy (non-hydrogen) atoms. The third-order valence-corrected chi connectivity index (χ3v) is 5.68. The van der Waals surface area contributed by atoms with Crippen LogP contribution in [0.3, 0.4) is 0 Å². The zero-order chi connectivity index (χ0) is 13.4. The van der Waals surface area contributed by atoms with Crippen molar-refractivity contribution < 1.29 is 9.53 Å². The predicted molar refractivity (Wildman–Crippen MR) is 76.3 cm³/mol. The standard InChI is InChI=1S/C15H21NO2S/c1-10-5-3-4-6-12(10)16-8-11-7-13(15(17)18-2)19-14(11)9-16/h7,10,12H,3-6,8-9H2,1-2H3. The van der Waals surface area contributed by atoms with E-state index >= 15 is 0 Å². The van der Waals surface area contributed by atoms with Gasteiger partial charge >= 0.3 is 5.97 Å². The Hall–Kier alpha value is -0.870. The van der Waals surface area contributed by atoms with E-state index in [-0.39, 0.29) is 5.97 Å². The summed E-state index contributed by atoms with van der Waals surface area (Å²) in [6.07, 6.45) is 5.45. The number of carbonyl (C=O) groups is 1. The monoisotopic (exact) mass is 279 g/mol. The molecular formula is C15H21NO2S. The Bertz CT molecular complexity index is 459. The molecule has 2 aliphatic rings. The molecule has 0 aromatic carbocycles. The Labute approximate surface area is 118 Å². The van der Waals surface area contributed by atoms with E-state index in [1.54, 1.807) is 11.3 Å². The van der Waals surface area contributed by atoms with Crippen LogP contribution in [-0.4, -0.2) is 24.0 Å². The summed E-state index contributed by atoms with van der Waals surface area (Å²) in [7, 11) is 1.45. The number of rotatable bonds is 2. The molecule has 0 bridgehead atoms. The highest BCUT2D eigenvalue weighted by Crippen LogP contribution is 2.37. The summed E-state index contributed by atoms with van der Waals surface area (Å²) in [5, 5.41) is 0. The van der Waals surface area contributed by atoms with E-state index < -0.39 is 0 Å². The first-order valence-electron chi connectivity index (χ1n) is 7.13. The maximum atomic E-state index is 11.5. The van der Waals surface area contributed by atoms with Gasteiger partial charge in [-0.1, -0.05) is 19.8 Å². The molecule has 1 aliphatic heterocycles. The Morgan fingerprint density at radius 2 is 2.16 bits per heavy atom. The van der Waals surface area contributed by atoms with E-state index in [0.29, 0.717) is 0 Å². The molecule has 104 valence electrons. The van der Waals surface area contributed by atoms with Crippen LogP contribution in [0.2, 0.25) is 0 Å². The van der Waals surface area contributed by atoms with Crippen molar-refractivity contribution in [2.45, 2.75) is 51.7 Å². The fraction of sp³-hybridized carbons (Fsp3) is 0.667. The number of hydrogen-bond acceptors (Lipinski definition) is 4. The quantitative estimate of drug-likeness (QED) is 0.777. The van der Waals surface area contributed by atoms with Crippen molar-refractivity contribution in [3.8, 4) is 0 Å². The summed E-state index contributed by atoms with van der Waals surface area (Å²) >= 11 is 1.61. The van der Waals surface area contributed by atoms with Gasteiger partial charge in [0.25, 0.3) is 0 Å². The summed E-state index contributed by atoms with van der Waals surface area (Å²) < 4.78 is 4.79. The molecule has 3 nitrogen and oxygen atoms in total. The minimum absolute atomic E-state index is 0.197. The molecule has 0 amide bonds. The lowest BCUT2D eigenvalue weighted by molar-refractivity contribution is 0.0606. The maximum absolute atomic E-state index is 11.5. The summed E-state index contributed by atoms with van der Waals surface area (Å²) in [6.45, 7) is 4.42. The molecule has 2 unspecified atom stereocenters. The van der Waals surface area contributed by atoms with Crippen LogP contribution >= 0.6 is 11.3 Å². The fourth-order valence-corrected chi connectivity index (χ4v) is 4.59. The van der Waals surface area contributed by atoms with Gasteiger partial charge in [0, 0.05) is 24.0 Å². The average molecular weight is 279 g/mol. The third-order valence-electron chi connectivity index (χ3n) is 4.54. The second-order valence-corrected chi connectivity index (χ2v) is 6.92. The van der Waals surface area contributed by atoms with E-state index in [1.807, 2.05) is 6.07 Å². The topological polar surface area (TPSA) is 29.5 Å². The van der Waals surface area contributed by atoms with E-state index in [1.165, 1.54) is 43.2 Å². The van der Waals surface area contributed by atoms with Crippen LogP contribution in [0.25, 0.3) is 0 Å². The first kappa shape index (κ1) is 13.1. The van der Waals surface area contributed by atoms with Crippen molar-refractivity contribution in [3.63, 3.8) is 0 Å². The van der Waals surface area contributed by atoms with Crippen molar-refractivity contribution in [3.05, 3.63) is 21.4 Å². The molecule has 4 heteroatoms. The van der Waals surface area contributed by atoms with Crippen LogP contribution in [0.5, 0.6) is 0 Å². The lowest BCUT2D eigenvalue weighted by Crippen LogP contribution is -2.38. The zero-order valence-corrected chi connectivity index (χ0v) is 12.5. The van der Waals surface area contributed by atoms with E-state index in [9.17, 15) is 4.79 Å². The van der Waals surface area contributed by atoms with Crippen molar-refractivity contribution in [2.24, 2.45) is 5.92 Å². The van der Waals surface area contributed by atoms with Gasteiger partial charge in [-0.05, 0) is 30.4 Å². The molecule has 0 saturated heterocycles. The normalized spacial score (nSPS) is 27.3. The smallest absolute Gasteiger partial charge is 0.348 e. The van der Waals surface area contributed by atoms with E-state index in [4.69, 9.17) is 4.74 Å². The highest BCUT2D eigenvalue weighted by atomic mass is 32.1. The Balaban J connectivity index is 1.71.